The number of aromatic nitrogens is 3. The Bertz CT molecular complexity index is 1290. The molecule has 0 atom stereocenters. The number of hydrogen-bond donors (Lipinski definition) is 3. The van der Waals surface area contributed by atoms with E-state index < -0.39 is 26.4 Å². The lowest BCUT2D eigenvalue weighted by Crippen LogP contribution is -2.31. The lowest BCUT2D eigenvalue weighted by molar-refractivity contribution is 0.283. The molecule has 1 fully saturated rings. The highest BCUT2D eigenvalue weighted by Crippen LogP contribution is 2.47. The van der Waals surface area contributed by atoms with Gasteiger partial charge in [0.15, 0.2) is 11.6 Å². The highest BCUT2D eigenvalue weighted by atomic mass is 127. The highest BCUT2D eigenvalue weighted by molar-refractivity contribution is 14.1. The van der Waals surface area contributed by atoms with E-state index in [1.807, 2.05) is 22.6 Å². The number of fused-ring (bicyclic) bond motifs is 1. The van der Waals surface area contributed by atoms with Crippen LogP contribution in [0.25, 0.3) is 11.0 Å². The minimum Gasteiger partial charge on any atom is -0.396 e. The number of anilines is 3. The van der Waals surface area contributed by atoms with Crippen LogP contribution >= 0.6 is 22.6 Å². The average molecular weight is 563 g/mol. The van der Waals surface area contributed by atoms with Gasteiger partial charge in [-0.15, -0.1) is 0 Å². The number of aryl methyl sites for hydroxylation is 2. The van der Waals surface area contributed by atoms with Gasteiger partial charge in [0.05, 0.1) is 16.1 Å². The molecule has 31 heavy (non-hydrogen) atoms. The van der Waals surface area contributed by atoms with Crippen LogP contribution in [0.2, 0.25) is 0 Å². The van der Waals surface area contributed by atoms with Crippen molar-refractivity contribution in [1.29, 1.82) is 0 Å². The van der Waals surface area contributed by atoms with Gasteiger partial charge in [-0.1, -0.05) is 0 Å². The summed E-state index contributed by atoms with van der Waals surface area (Å²) in [6.45, 7) is 1.39. The lowest BCUT2D eigenvalue weighted by Gasteiger charge is -2.19. The zero-order valence-electron chi connectivity index (χ0n) is 16.7. The van der Waals surface area contributed by atoms with Crippen molar-refractivity contribution in [3.63, 3.8) is 0 Å². The number of aliphatic hydroxyl groups excluding tert-OH is 1. The second-order valence-electron chi connectivity index (χ2n) is 7.57. The van der Waals surface area contributed by atoms with Crippen LogP contribution < -0.4 is 10.0 Å². The van der Waals surface area contributed by atoms with Crippen molar-refractivity contribution >= 4 is 60.8 Å². The van der Waals surface area contributed by atoms with Crippen molar-refractivity contribution in [3.8, 4) is 0 Å². The third-order valence-corrected chi connectivity index (χ3v) is 8.44. The Balaban J connectivity index is 1.86. The first kappa shape index (κ1) is 22.1. The van der Waals surface area contributed by atoms with Crippen LogP contribution in [0.1, 0.15) is 25.0 Å². The maximum Gasteiger partial charge on any atom is 0.239 e. The van der Waals surface area contributed by atoms with Crippen molar-refractivity contribution in [3.05, 3.63) is 39.1 Å². The minimum atomic E-state index is -3.99. The molecule has 0 radical (unpaired) electrons. The molecule has 0 saturated heterocycles. The van der Waals surface area contributed by atoms with Crippen LogP contribution in [0.15, 0.2) is 18.2 Å². The standard InChI is InChI=1S/C19H20F2IN5O3S/c1-10-15-16(25-27(10)2)14(21)17(23-13-4-3-11(22)9-12(13)20)18(24-15)26-31(29,30)19(5-6-19)7-8-28/h3-4,9,23,28H,5-8H2,1-2H3,(H,24,26). The zero-order chi connectivity index (χ0) is 22.6. The van der Waals surface area contributed by atoms with Gasteiger partial charge in [0.25, 0.3) is 0 Å². The molecule has 0 bridgehead atoms. The third-order valence-electron chi connectivity index (χ3n) is 5.56. The quantitative estimate of drug-likeness (QED) is 0.380. The van der Waals surface area contributed by atoms with E-state index in [0.29, 0.717) is 22.1 Å². The molecule has 2 heterocycles. The number of hydrogen-bond acceptors (Lipinski definition) is 6. The van der Waals surface area contributed by atoms with Crippen LogP contribution in [0.3, 0.4) is 0 Å². The molecule has 2 aromatic heterocycles. The van der Waals surface area contributed by atoms with E-state index in [1.165, 1.54) is 16.8 Å². The fourth-order valence-electron chi connectivity index (χ4n) is 3.41. The summed E-state index contributed by atoms with van der Waals surface area (Å²) in [5, 5.41) is 16.0. The van der Waals surface area contributed by atoms with E-state index in [2.05, 4.69) is 20.1 Å². The number of benzene rings is 1. The molecule has 1 aliphatic rings. The molecular formula is C19H20F2IN5O3S. The van der Waals surface area contributed by atoms with E-state index in [-0.39, 0.29) is 41.3 Å². The van der Waals surface area contributed by atoms with Gasteiger partial charge in [0.2, 0.25) is 10.0 Å². The van der Waals surface area contributed by atoms with E-state index in [4.69, 9.17) is 0 Å². The first-order valence-corrected chi connectivity index (χ1v) is 12.0. The summed E-state index contributed by atoms with van der Waals surface area (Å²) in [6, 6.07) is 4.32. The average Bonchev–Trinajstić information content (AvgIpc) is 3.43. The Labute approximate surface area is 191 Å². The molecule has 1 aliphatic carbocycles. The van der Waals surface area contributed by atoms with Crippen LogP contribution in [-0.4, -0.2) is 39.6 Å². The molecule has 4 rings (SSSR count). The molecular weight excluding hydrogens is 543 g/mol. The summed E-state index contributed by atoms with van der Waals surface area (Å²) in [7, 11) is -2.37. The molecule has 3 aromatic rings. The topological polar surface area (TPSA) is 109 Å². The molecule has 166 valence electrons. The fourth-order valence-corrected chi connectivity index (χ4v) is 5.49. The van der Waals surface area contributed by atoms with Gasteiger partial charge in [-0.25, -0.2) is 22.2 Å². The van der Waals surface area contributed by atoms with E-state index in [9.17, 15) is 17.9 Å². The number of sulfonamides is 1. The number of aliphatic hydroxyl groups is 1. The van der Waals surface area contributed by atoms with Crippen LogP contribution in [-0.2, 0) is 17.1 Å². The molecule has 0 unspecified atom stereocenters. The SMILES string of the molecule is Cc1c2nc(NS(=O)(=O)C3(CCO)CC3)c(Nc3ccc(I)cc3F)c(F)c2nn1C. The van der Waals surface area contributed by atoms with Gasteiger partial charge in [0.1, 0.15) is 22.5 Å². The number of nitrogens with zero attached hydrogens (tertiary/aromatic N) is 3. The highest BCUT2D eigenvalue weighted by Gasteiger charge is 2.54. The molecule has 0 spiro atoms. The first-order chi connectivity index (χ1) is 14.6. The summed E-state index contributed by atoms with van der Waals surface area (Å²) in [5.74, 6) is -1.77. The fraction of sp³-hybridized carbons (Fsp3) is 0.368. The Kier molecular flexibility index (Phi) is 5.58. The van der Waals surface area contributed by atoms with Crippen molar-refractivity contribution in [2.45, 2.75) is 30.9 Å². The van der Waals surface area contributed by atoms with Gasteiger partial charge in [0, 0.05) is 17.2 Å². The van der Waals surface area contributed by atoms with Gasteiger partial charge in [-0.05, 0) is 67.0 Å². The molecule has 1 saturated carbocycles. The van der Waals surface area contributed by atoms with Gasteiger partial charge in [-0.2, -0.15) is 5.10 Å². The predicted octanol–water partition coefficient (Wildman–Crippen LogP) is 3.56. The Morgan fingerprint density at radius 3 is 2.61 bits per heavy atom. The smallest absolute Gasteiger partial charge is 0.239 e. The maximum absolute atomic E-state index is 15.5. The van der Waals surface area contributed by atoms with Crippen molar-refractivity contribution in [2.24, 2.45) is 7.05 Å². The monoisotopic (exact) mass is 563 g/mol. The predicted molar refractivity (Wildman–Crippen MR) is 122 cm³/mol. The van der Waals surface area contributed by atoms with E-state index in [1.54, 1.807) is 20.0 Å². The summed E-state index contributed by atoms with van der Waals surface area (Å²) >= 11 is 1.95. The number of halogens is 3. The van der Waals surface area contributed by atoms with Gasteiger partial charge < -0.3 is 10.4 Å². The van der Waals surface area contributed by atoms with Crippen LogP contribution in [0, 0.1) is 22.1 Å². The molecule has 1 aromatic carbocycles. The molecule has 8 nitrogen and oxygen atoms in total. The summed E-state index contributed by atoms with van der Waals surface area (Å²) in [4.78, 5) is 4.32. The third kappa shape index (κ3) is 3.84. The first-order valence-electron chi connectivity index (χ1n) is 9.47. The zero-order valence-corrected chi connectivity index (χ0v) is 19.7. The summed E-state index contributed by atoms with van der Waals surface area (Å²) in [5.41, 5.74) is 0.308. The molecule has 3 N–H and O–H groups in total. The van der Waals surface area contributed by atoms with Crippen LogP contribution in [0.4, 0.5) is 26.0 Å². The van der Waals surface area contributed by atoms with Gasteiger partial charge in [-0.3, -0.25) is 9.40 Å². The molecule has 0 aliphatic heterocycles. The second-order valence-corrected chi connectivity index (χ2v) is 10.9. The lowest BCUT2D eigenvalue weighted by atomic mass is 10.2. The Morgan fingerprint density at radius 1 is 1.29 bits per heavy atom. The van der Waals surface area contributed by atoms with E-state index in [0.717, 1.165) is 0 Å². The van der Waals surface area contributed by atoms with E-state index >= 15 is 4.39 Å². The maximum atomic E-state index is 15.5. The summed E-state index contributed by atoms with van der Waals surface area (Å²) < 4.78 is 59.3. The number of pyridine rings is 1. The minimum absolute atomic E-state index is 0.0370. The number of rotatable bonds is 7. The van der Waals surface area contributed by atoms with Crippen molar-refractivity contribution < 1.29 is 22.3 Å². The van der Waals surface area contributed by atoms with Crippen molar-refractivity contribution in [1.82, 2.24) is 14.8 Å². The largest absolute Gasteiger partial charge is 0.396 e. The Hall–Kier alpha value is -2.06. The molecule has 0 amide bonds. The number of nitrogens with one attached hydrogen (secondary N) is 2. The van der Waals surface area contributed by atoms with Crippen LogP contribution in [0.5, 0.6) is 0 Å². The summed E-state index contributed by atoms with van der Waals surface area (Å²) in [6.07, 6.45) is 0.829. The second kappa shape index (κ2) is 7.81. The Morgan fingerprint density at radius 2 is 2.00 bits per heavy atom. The van der Waals surface area contributed by atoms with Gasteiger partial charge >= 0.3 is 0 Å². The van der Waals surface area contributed by atoms with Crippen molar-refractivity contribution in [2.75, 3.05) is 16.6 Å². The molecule has 12 heteroatoms. The normalized spacial score (nSPS) is 15.3.